The first-order valence-corrected chi connectivity index (χ1v) is 8.54. The van der Waals surface area contributed by atoms with E-state index >= 15 is 0 Å². The molecule has 122 valence electrons. The molecular weight excluding hydrogens is 244 g/mol. The molecule has 0 aromatic carbocycles. The smallest absolute Gasteiger partial charge is 0.00967 e. The van der Waals surface area contributed by atoms with Crippen molar-refractivity contribution in [2.24, 2.45) is 11.3 Å². The van der Waals surface area contributed by atoms with Crippen LogP contribution in [0.25, 0.3) is 0 Å². The lowest BCUT2D eigenvalue weighted by Gasteiger charge is -2.41. The van der Waals surface area contributed by atoms with Crippen molar-refractivity contribution in [3.05, 3.63) is 0 Å². The van der Waals surface area contributed by atoms with E-state index in [0.717, 1.165) is 12.5 Å². The standard InChI is InChI=1S/C18H40N2/c1-10-18(11-2,13-19-17(7,8)9)14-20(16(5)6)12-15(3)4/h15-16,19H,10-14H2,1-9H3. The molecular formula is C18H40N2. The molecule has 0 aliphatic rings. The summed E-state index contributed by atoms with van der Waals surface area (Å²) in [6, 6.07) is 0.629. The highest BCUT2D eigenvalue weighted by Crippen LogP contribution is 2.29. The van der Waals surface area contributed by atoms with Gasteiger partial charge in [-0.3, -0.25) is 0 Å². The summed E-state index contributed by atoms with van der Waals surface area (Å²) in [5.74, 6) is 0.736. The molecule has 1 N–H and O–H groups in total. The lowest BCUT2D eigenvalue weighted by atomic mass is 9.80. The predicted molar refractivity (Wildman–Crippen MR) is 92.3 cm³/mol. The molecule has 0 bridgehead atoms. The van der Waals surface area contributed by atoms with E-state index in [1.807, 2.05) is 0 Å². The summed E-state index contributed by atoms with van der Waals surface area (Å²) in [7, 11) is 0. The number of nitrogens with zero attached hydrogens (tertiary/aromatic N) is 1. The Morgan fingerprint density at radius 3 is 1.75 bits per heavy atom. The van der Waals surface area contributed by atoms with E-state index in [0.29, 0.717) is 11.5 Å². The molecule has 0 aliphatic heterocycles. The Bertz CT molecular complexity index is 247. The molecule has 0 unspecified atom stereocenters. The maximum absolute atomic E-state index is 3.74. The van der Waals surface area contributed by atoms with E-state index in [9.17, 15) is 0 Å². The third kappa shape index (κ3) is 7.64. The third-order valence-corrected chi connectivity index (χ3v) is 4.36. The summed E-state index contributed by atoms with van der Waals surface area (Å²) in [4.78, 5) is 2.67. The van der Waals surface area contributed by atoms with Gasteiger partial charge in [0, 0.05) is 31.2 Å². The molecule has 0 amide bonds. The average Bonchev–Trinajstić information content (AvgIpc) is 2.31. The van der Waals surface area contributed by atoms with Crippen molar-refractivity contribution in [1.82, 2.24) is 10.2 Å². The van der Waals surface area contributed by atoms with Crippen LogP contribution >= 0.6 is 0 Å². The first-order valence-electron chi connectivity index (χ1n) is 8.54. The van der Waals surface area contributed by atoms with Gasteiger partial charge in [-0.2, -0.15) is 0 Å². The minimum absolute atomic E-state index is 0.205. The van der Waals surface area contributed by atoms with Crippen LogP contribution in [0.5, 0.6) is 0 Å². The summed E-state index contributed by atoms with van der Waals surface area (Å²) in [5.41, 5.74) is 0.600. The third-order valence-electron chi connectivity index (χ3n) is 4.36. The van der Waals surface area contributed by atoms with Crippen molar-refractivity contribution in [3.63, 3.8) is 0 Å². The highest BCUT2D eigenvalue weighted by Gasteiger charge is 2.31. The van der Waals surface area contributed by atoms with Gasteiger partial charge < -0.3 is 10.2 Å². The van der Waals surface area contributed by atoms with Gasteiger partial charge in [-0.25, -0.2) is 0 Å². The van der Waals surface area contributed by atoms with E-state index in [4.69, 9.17) is 0 Å². The molecule has 0 saturated heterocycles. The highest BCUT2D eigenvalue weighted by atomic mass is 15.2. The largest absolute Gasteiger partial charge is 0.311 e. The van der Waals surface area contributed by atoms with Gasteiger partial charge in [-0.15, -0.1) is 0 Å². The van der Waals surface area contributed by atoms with Crippen molar-refractivity contribution in [3.8, 4) is 0 Å². The average molecular weight is 285 g/mol. The number of hydrogen-bond donors (Lipinski definition) is 1. The summed E-state index contributed by atoms with van der Waals surface area (Å²) in [5, 5.41) is 3.74. The van der Waals surface area contributed by atoms with Crippen molar-refractivity contribution < 1.29 is 0 Å². The Morgan fingerprint density at radius 1 is 0.950 bits per heavy atom. The fraction of sp³-hybridized carbons (Fsp3) is 1.00. The Kier molecular flexibility index (Phi) is 8.35. The van der Waals surface area contributed by atoms with Gasteiger partial charge in [-0.1, -0.05) is 27.7 Å². The lowest BCUT2D eigenvalue weighted by molar-refractivity contribution is 0.0935. The Balaban J connectivity index is 4.86. The number of nitrogens with one attached hydrogen (secondary N) is 1. The Labute approximate surface area is 128 Å². The van der Waals surface area contributed by atoms with Crippen molar-refractivity contribution in [1.29, 1.82) is 0 Å². The summed E-state index contributed by atoms with van der Waals surface area (Å²) in [6.45, 7) is 24.3. The SMILES string of the molecule is CCC(CC)(CNC(C)(C)C)CN(CC(C)C)C(C)C. The fourth-order valence-electron chi connectivity index (χ4n) is 2.59. The second kappa shape index (κ2) is 8.38. The summed E-state index contributed by atoms with van der Waals surface area (Å²) < 4.78 is 0. The number of rotatable bonds is 9. The zero-order valence-corrected chi connectivity index (χ0v) is 15.6. The minimum atomic E-state index is 0.205. The van der Waals surface area contributed by atoms with Gasteiger partial charge in [0.1, 0.15) is 0 Å². The monoisotopic (exact) mass is 284 g/mol. The summed E-state index contributed by atoms with van der Waals surface area (Å²) in [6.07, 6.45) is 2.49. The second-order valence-electron chi connectivity index (χ2n) is 8.23. The molecule has 0 radical (unpaired) electrons. The predicted octanol–water partition coefficient (Wildman–Crippen LogP) is 4.55. The zero-order chi connectivity index (χ0) is 16.0. The molecule has 0 fully saturated rings. The van der Waals surface area contributed by atoms with Gasteiger partial charge in [0.2, 0.25) is 0 Å². The first-order chi connectivity index (χ1) is 9.05. The van der Waals surface area contributed by atoms with Crippen LogP contribution in [0, 0.1) is 11.3 Å². The Hall–Kier alpha value is -0.0800. The molecule has 0 saturated carbocycles. The van der Waals surface area contributed by atoms with Crippen LogP contribution in [-0.4, -0.2) is 36.1 Å². The highest BCUT2D eigenvalue weighted by molar-refractivity contribution is 4.87. The van der Waals surface area contributed by atoms with Crippen molar-refractivity contribution in [2.75, 3.05) is 19.6 Å². The Morgan fingerprint density at radius 2 is 1.45 bits per heavy atom. The zero-order valence-electron chi connectivity index (χ0n) is 15.6. The topological polar surface area (TPSA) is 15.3 Å². The van der Waals surface area contributed by atoms with Crippen LogP contribution in [0.3, 0.4) is 0 Å². The first kappa shape index (κ1) is 19.9. The van der Waals surface area contributed by atoms with Gasteiger partial charge in [0.15, 0.2) is 0 Å². The molecule has 2 heteroatoms. The summed E-state index contributed by atoms with van der Waals surface area (Å²) >= 11 is 0. The lowest BCUT2D eigenvalue weighted by Crippen LogP contribution is -2.50. The van der Waals surface area contributed by atoms with Crippen molar-refractivity contribution in [2.45, 2.75) is 86.7 Å². The molecule has 0 rings (SSSR count). The van der Waals surface area contributed by atoms with Crippen LogP contribution in [0.1, 0.15) is 75.2 Å². The fourth-order valence-corrected chi connectivity index (χ4v) is 2.59. The van der Waals surface area contributed by atoms with Crippen LogP contribution in [-0.2, 0) is 0 Å². The maximum Gasteiger partial charge on any atom is 0.00967 e. The van der Waals surface area contributed by atoms with Gasteiger partial charge in [-0.05, 0) is 58.8 Å². The van der Waals surface area contributed by atoms with E-state index in [-0.39, 0.29) is 5.54 Å². The van der Waals surface area contributed by atoms with E-state index in [1.54, 1.807) is 0 Å². The molecule has 0 heterocycles. The molecule has 0 atom stereocenters. The van der Waals surface area contributed by atoms with Crippen LogP contribution in [0.2, 0.25) is 0 Å². The van der Waals surface area contributed by atoms with E-state index in [1.165, 1.54) is 25.9 Å². The van der Waals surface area contributed by atoms with Crippen LogP contribution in [0.4, 0.5) is 0 Å². The van der Waals surface area contributed by atoms with Gasteiger partial charge in [0.05, 0.1) is 0 Å². The molecule has 2 nitrogen and oxygen atoms in total. The van der Waals surface area contributed by atoms with Crippen LogP contribution in [0.15, 0.2) is 0 Å². The molecule has 0 aromatic heterocycles. The van der Waals surface area contributed by atoms with E-state index < -0.39 is 0 Å². The van der Waals surface area contributed by atoms with Gasteiger partial charge in [0.25, 0.3) is 0 Å². The quantitative estimate of drug-likeness (QED) is 0.668. The number of hydrogen-bond acceptors (Lipinski definition) is 2. The molecule has 20 heavy (non-hydrogen) atoms. The normalized spacial score (nSPS) is 13.8. The minimum Gasteiger partial charge on any atom is -0.311 e. The molecule has 0 aliphatic carbocycles. The maximum atomic E-state index is 3.74. The van der Waals surface area contributed by atoms with E-state index in [2.05, 4.69) is 72.5 Å². The molecule has 0 aromatic rings. The van der Waals surface area contributed by atoms with Crippen LogP contribution < -0.4 is 5.32 Å². The van der Waals surface area contributed by atoms with Crippen molar-refractivity contribution >= 4 is 0 Å². The van der Waals surface area contributed by atoms with Gasteiger partial charge >= 0.3 is 0 Å². The second-order valence-corrected chi connectivity index (χ2v) is 8.23. The molecule has 0 spiro atoms.